The third-order valence-electron chi connectivity index (χ3n) is 2.39. The summed E-state index contributed by atoms with van der Waals surface area (Å²) in [4.78, 5) is 9.96. The summed E-state index contributed by atoms with van der Waals surface area (Å²) in [5.41, 5.74) is 8.37. The highest BCUT2D eigenvalue weighted by molar-refractivity contribution is 5.68. The molecule has 2 rings (SSSR count). The van der Waals surface area contributed by atoms with Crippen LogP contribution in [-0.4, -0.2) is 24.1 Å². The summed E-state index contributed by atoms with van der Waals surface area (Å²) in [6.07, 6.45) is 3.04. The normalized spacial score (nSPS) is 10.0. The van der Waals surface area contributed by atoms with Crippen molar-refractivity contribution in [1.29, 1.82) is 0 Å². The van der Waals surface area contributed by atoms with E-state index in [4.69, 9.17) is 5.73 Å². The van der Waals surface area contributed by atoms with Crippen molar-refractivity contribution in [2.24, 2.45) is 0 Å². The molecule has 3 N–H and O–H groups in total. The average Bonchev–Trinajstić information content (AvgIpc) is 2.33. The van der Waals surface area contributed by atoms with Gasteiger partial charge in [-0.1, -0.05) is 0 Å². The molecule has 2 aromatic rings. The van der Waals surface area contributed by atoms with Gasteiger partial charge in [0.05, 0.1) is 11.9 Å². The molecule has 0 fully saturated rings. The maximum atomic E-state index is 5.75. The topological polar surface area (TPSA) is 67.1 Å². The first-order chi connectivity index (χ1) is 8.16. The van der Waals surface area contributed by atoms with Crippen LogP contribution >= 0.6 is 0 Å². The average molecular weight is 229 g/mol. The van der Waals surface area contributed by atoms with E-state index in [2.05, 4.69) is 15.3 Å². The summed E-state index contributed by atoms with van der Waals surface area (Å²) in [6, 6.07) is 8.02. The second kappa shape index (κ2) is 4.69. The number of aromatic nitrogens is 2. The molecule has 0 spiro atoms. The molecule has 0 radical (unpaired) electrons. The van der Waals surface area contributed by atoms with Crippen LogP contribution in [0.5, 0.6) is 0 Å². The number of nitrogens with zero attached hydrogens (tertiary/aromatic N) is 3. The Hall–Kier alpha value is -2.30. The number of nitrogen functional groups attached to an aromatic ring is 1. The molecule has 0 aliphatic heterocycles. The Morgan fingerprint density at radius 3 is 2.47 bits per heavy atom. The lowest BCUT2D eigenvalue weighted by molar-refractivity contribution is 1.13. The molecule has 88 valence electrons. The Morgan fingerprint density at radius 1 is 1.18 bits per heavy atom. The van der Waals surface area contributed by atoms with E-state index in [0.29, 0.717) is 11.5 Å². The standard InChI is InChI=1S/C12H15N5/c1-17(2)10-5-3-9(4-6-10)16-12-11(13)7-14-8-15-12/h3-8H,13H2,1-2H3,(H,14,15,16). The van der Waals surface area contributed by atoms with Crippen LogP contribution in [0.1, 0.15) is 0 Å². The van der Waals surface area contributed by atoms with E-state index in [1.54, 1.807) is 6.20 Å². The fourth-order valence-electron chi connectivity index (χ4n) is 1.42. The Labute approximate surface area is 100 Å². The minimum absolute atomic E-state index is 0.532. The van der Waals surface area contributed by atoms with Crippen LogP contribution in [0.3, 0.4) is 0 Å². The molecule has 5 heteroatoms. The van der Waals surface area contributed by atoms with Crippen LogP contribution < -0.4 is 16.0 Å². The van der Waals surface area contributed by atoms with Gasteiger partial charge in [0.15, 0.2) is 5.82 Å². The number of nitrogens with two attached hydrogens (primary N) is 1. The zero-order chi connectivity index (χ0) is 12.3. The van der Waals surface area contributed by atoms with Gasteiger partial charge in [0.2, 0.25) is 0 Å². The van der Waals surface area contributed by atoms with Crippen molar-refractivity contribution in [1.82, 2.24) is 9.97 Å². The molecule has 0 unspecified atom stereocenters. The molecule has 0 aliphatic rings. The third-order valence-corrected chi connectivity index (χ3v) is 2.39. The molecule has 0 amide bonds. The highest BCUT2D eigenvalue weighted by Crippen LogP contribution is 2.21. The van der Waals surface area contributed by atoms with Gasteiger partial charge in [0.1, 0.15) is 6.33 Å². The first-order valence-electron chi connectivity index (χ1n) is 5.26. The van der Waals surface area contributed by atoms with Gasteiger partial charge in [-0.25, -0.2) is 9.97 Å². The number of rotatable bonds is 3. The number of hydrogen-bond donors (Lipinski definition) is 2. The van der Waals surface area contributed by atoms with Crippen LogP contribution in [0.15, 0.2) is 36.8 Å². The van der Waals surface area contributed by atoms with Crippen molar-refractivity contribution < 1.29 is 0 Å². The molecule has 1 aromatic carbocycles. The van der Waals surface area contributed by atoms with E-state index in [1.165, 1.54) is 6.33 Å². The molecule has 0 aliphatic carbocycles. The zero-order valence-corrected chi connectivity index (χ0v) is 9.88. The van der Waals surface area contributed by atoms with Crippen molar-refractivity contribution in [3.8, 4) is 0 Å². The number of hydrogen-bond acceptors (Lipinski definition) is 5. The second-order valence-corrected chi connectivity index (χ2v) is 3.89. The summed E-state index contributed by atoms with van der Waals surface area (Å²) in [5, 5.41) is 3.14. The van der Waals surface area contributed by atoms with Gasteiger partial charge in [-0.2, -0.15) is 0 Å². The van der Waals surface area contributed by atoms with Crippen molar-refractivity contribution in [2.45, 2.75) is 0 Å². The Morgan fingerprint density at radius 2 is 1.88 bits per heavy atom. The predicted molar refractivity (Wildman–Crippen MR) is 70.5 cm³/mol. The molecule has 0 bridgehead atoms. The van der Waals surface area contributed by atoms with Crippen molar-refractivity contribution in [2.75, 3.05) is 30.0 Å². The Kier molecular flexibility index (Phi) is 3.09. The second-order valence-electron chi connectivity index (χ2n) is 3.89. The largest absolute Gasteiger partial charge is 0.394 e. The van der Waals surface area contributed by atoms with Crippen LogP contribution in [0, 0.1) is 0 Å². The van der Waals surface area contributed by atoms with Gasteiger partial charge in [-0.05, 0) is 24.3 Å². The number of anilines is 4. The van der Waals surface area contributed by atoms with Crippen LogP contribution in [0.2, 0.25) is 0 Å². The van der Waals surface area contributed by atoms with E-state index in [-0.39, 0.29) is 0 Å². The Balaban J connectivity index is 2.17. The quantitative estimate of drug-likeness (QED) is 0.841. The van der Waals surface area contributed by atoms with E-state index in [1.807, 2.05) is 43.3 Å². The molecule has 1 aromatic heterocycles. The minimum atomic E-state index is 0.532. The molecular formula is C12H15N5. The predicted octanol–water partition coefficient (Wildman–Crippen LogP) is 1.87. The highest BCUT2D eigenvalue weighted by atomic mass is 15.1. The molecule has 0 saturated carbocycles. The zero-order valence-electron chi connectivity index (χ0n) is 9.88. The first kappa shape index (κ1) is 11.2. The lowest BCUT2D eigenvalue weighted by Crippen LogP contribution is -2.08. The fourth-order valence-corrected chi connectivity index (χ4v) is 1.42. The summed E-state index contributed by atoms with van der Waals surface area (Å²) in [7, 11) is 4.01. The molecule has 0 atom stereocenters. The smallest absolute Gasteiger partial charge is 0.157 e. The van der Waals surface area contributed by atoms with Crippen molar-refractivity contribution >= 4 is 22.9 Å². The van der Waals surface area contributed by atoms with Gasteiger partial charge >= 0.3 is 0 Å². The van der Waals surface area contributed by atoms with Gasteiger partial charge in [0, 0.05) is 25.5 Å². The van der Waals surface area contributed by atoms with Crippen molar-refractivity contribution in [3.63, 3.8) is 0 Å². The van der Waals surface area contributed by atoms with Gasteiger partial charge in [-0.3, -0.25) is 0 Å². The molecule has 17 heavy (non-hydrogen) atoms. The van der Waals surface area contributed by atoms with Gasteiger partial charge < -0.3 is 16.0 Å². The molecular weight excluding hydrogens is 214 g/mol. The molecule has 0 saturated heterocycles. The van der Waals surface area contributed by atoms with Crippen LogP contribution in [-0.2, 0) is 0 Å². The number of nitrogens with one attached hydrogen (secondary N) is 1. The van der Waals surface area contributed by atoms with Crippen LogP contribution in [0.4, 0.5) is 22.9 Å². The summed E-state index contributed by atoms with van der Waals surface area (Å²) in [6.45, 7) is 0. The summed E-state index contributed by atoms with van der Waals surface area (Å²) < 4.78 is 0. The minimum Gasteiger partial charge on any atom is -0.394 e. The summed E-state index contributed by atoms with van der Waals surface area (Å²) in [5.74, 6) is 0.623. The van der Waals surface area contributed by atoms with E-state index < -0.39 is 0 Å². The van der Waals surface area contributed by atoms with Crippen LogP contribution in [0.25, 0.3) is 0 Å². The third kappa shape index (κ3) is 2.63. The lowest BCUT2D eigenvalue weighted by Gasteiger charge is -2.13. The molecule has 1 heterocycles. The van der Waals surface area contributed by atoms with E-state index in [9.17, 15) is 0 Å². The van der Waals surface area contributed by atoms with Crippen molar-refractivity contribution in [3.05, 3.63) is 36.8 Å². The molecule has 5 nitrogen and oxygen atoms in total. The van der Waals surface area contributed by atoms with E-state index in [0.717, 1.165) is 11.4 Å². The maximum absolute atomic E-state index is 5.75. The highest BCUT2D eigenvalue weighted by Gasteiger charge is 2.01. The summed E-state index contributed by atoms with van der Waals surface area (Å²) >= 11 is 0. The monoisotopic (exact) mass is 229 g/mol. The maximum Gasteiger partial charge on any atom is 0.157 e. The Bertz CT molecular complexity index is 493. The van der Waals surface area contributed by atoms with Gasteiger partial charge in [0.25, 0.3) is 0 Å². The SMILES string of the molecule is CN(C)c1ccc(Nc2ncncc2N)cc1. The fraction of sp³-hybridized carbons (Fsp3) is 0.167. The van der Waals surface area contributed by atoms with Gasteiger partial charge in [-0.15, -0.1) is 0 Å². The lowest BCUT2D eigenvalue weighted by atomic mass is 10.2. The van der Waals surface area contributed by atoms with E-state index >= 15 is 0 Å². The number of benzene rings is 1. The first-order valence-corrected chi connectivity index (χ1v) is 5.26.